The number of carbonyl (C=O) groups is 3. The molecule has 0 aliphatic carbocycles. The molecule has 0 aliphatic rings. The summed E-state index contributed by atoms with van der Waals surface area (Å²) in [7, 11) is 0. The zero-order valence-corrected chi connectivity index (χ0v) is 17.5. The number of carboxylic acids is 3. The van der Waals surface area contributed by atoms with E-state index < -0.39 is 23.8 Å². The van der Waals surface area contributed by atoms with Crippen molar-refractivity contribution in [3.63, 3.8) is 0 Å². The van der Waals surface area contributed by atoms with Crippen LogP contribution in [0.3, 0.4) is 0 Å². The van der Waals surface area contributed by atoms with E-state index in [0.29, 0.717) is 18.4 Å². The summed E-state index contributed by atoms with van der Waals surface area (Å²) in [5, 5.41) is 28.3. The molecule has 1 aromatic carbocycles. The molecule has 1 aromatic rings. The summed E-state index contributed by atoms with van der Waals surface area (Å²) in [5.41, 5.74) is 1.39. The smallest absolute Gasteiger partial charge is 0.332 e. The molecule has 0 saturated heterocycles. The minimum absolute atomic E-state index is 0.0331. The van der Waals surface area contributed by atoms with Crippen molar-refractivity contribution < 1.29 is 29.7 Å². The summed E-state index contributed by atoms with van der Waals surface area (Å²) < 4.78 is 0. The standard InChI is InChI=1S/C24H28O6/c1-4-5-11-20(23(27)28)14-19(13-18-9-7-6-8-10-18)15-21(24(29)30)16(2)12-17(3)22(25)26/h6-10,12-16H,4-5,11H2,1-3H3,(H,25,26)(H,27,28)(H,29,30). The first-order chi connectivity index (χ1) is 14.1. The number of rotatable bonds is 11. The van der Waals surface area contributed by atoms with Gasteiger partial charge in [-0.2, -0.15) is 0 Å². The molecular formula is C24H28O6. The molecule has 0 saturated carbocycles. The van der Waals surface area contributed by atoms with Crippen LogP contribution in [0.25, 0.3) is 6.08 Å². The van der Waals surface area contributed by atoms with Gasteiger partial charge in [-0.1, -0.05) is 56.7 Å². The number of unbranched alkanes of at least 4 members (excludes halogenated alkanes) is 1. The molecule has 1 rings (SSSR count). The molecular weight excluding hydrogens is 384 g/mol. The molecule has 6 heteroatoms. The molecule has 0 aliphatic heterocycles. The Hall–Kier alpha value is -3.41. The largest absolute Gasteiger partial charge is 0.478 e. The van der Waals surface area contributed by atoms with Crippen molar-refractivity contribution in [2.24, 2.45) is 5.92 Å². The van der Waals surface area contributed by atoms with Gasteiger partial charge in [0.15, 0.2) is 0 Å². The highest BCUT2D eigenvalue weighted by Gasteiger charge is 2.17. The van der Waals surface area contributed by atoms with Crippen molar-refractivity contribution >= 4 is 24.0 Å². The maximum absolute atomic E-state index is 11.9. The van der Waals surface area contributed by atoms with E-state index in [4.69, 9.17) is 5.11 Å². The van der Waals surface area contributed by atoms with E-state index in [-0.39, 0.29) is 16.7 Å². The third kappa shape index (κ3) is 8.31. The van der Waals surface area contributed by atoms with Gasteiger partial charge in [0.05, 0.1) is 0 Å². The maximum atomic E-state index is 11.9. The van der Waals surface area contributed by atoms with Gasteiger partial charge >= 0.3 is 17.9 Å². The van der Waals surface area contributed by atoms with Crippen LogP contribution in [-0.4, -0.2) is 33.2 Å². The Kier molecular flexibility index (Phi) is 10.0. The predicted octanol–water partition coefficient (Wildman–Crippen LogP) is 4.95. The van der Waals surface area contributed by atoms with Crippen molar-refractivity contribution in [2.75, 3.05) is 0 Å². The third-order valence-corrected chi connectivity index (χ3v) is 4.45. The van der Waals surface area contributed by atoms with Crippen LogP contribution in [0.1, 0.15) is 45.6 Å². The van der Waals surface area contributed by atoms with Gasteiger partial charge in [-0.15, -0.1) is 0 Å². The Morgan fingerprint density at radius 3 is 2.10 bits per heavy atom. The van der Waals surface area contributed by atoms with Gasteiger partial charge in [-0.3, -0.25) is 0 Å². The number of carboxylic acid groups (broad SMARTS) is 3. The van der Waals surface area contributed by atoms with Gasteiger partial charge in [0.25, 0.3) is 0 Å². The van der Waals surface area contributed by atoms with Crippen molar-refractivity contribution in [1.82, 2.24) is 0 Å². The number of hydrogen-bond donors (Lipinski definition) is 3. The summed E-state index contributed by atoms with van der Waals surface area (Å²) in [6.45, 7) is 4.94. The normalized spacial score (nSPS) is 14.4. The molecule has 30 heavy (non-hydrogen) atoms. The fourth-order valence-corrected chi connectivity index (χ4v) is 2.78. The fraction of sp³-hybridized carbons (Fsp3) is 0.292. The highest BCUT2D eigenvalue weighted by molar-refractivity contribution is 5.91. The molecule has 3 N–H and O–H groups in total. The summed E-state index contributed by atoms with van der Waals surface area (Å²) in [5.74, 6) is -4.06. The highest BCUT2D eigenvalue weighted by Crippen LogP contribution is 2.21. The van der Waals surface area contributed by atoms with E-state index in [2.05, 4.69) is 0 Å². The first-order valence-corrected chi connectivity index (χ1v) is 9.72. The lowest BCUT2D eigenvalue weighted by Crippen LogP contribution is -2.10. The molecule has 1 unspecified atom stereocenters. The molecule has 160 valence electrons. The third-order valence-electron chi connectivity index (χ3n) is 4.45. The second-order valence-electron chi connectivity index (χ2n) is 6.98. The SMILES string of the molecule is CCCCC(=CC(=Cc1ccccc1)C=C(C(=O)O)C(C)C=C(C)C(=O)O)C(=O)O. The Morgan fingerprint density at radius 2 is 1.60 bits per heavy atom. The Labute approximate surface area is 176 Å². The average Bonchev–Trinajstić information content (AvgIpc) is 2.68. The number of aliphatic carboxylic acids is 3. The lowest BCUT2D eigenvalue weighted by molar-refractivity contribution is -0.134. The maximum Gasteiger partial charge on any atom is 0.332 e. The van der Waals surface area contributed by atoms with Crippen LogP contribution in [0.4, 0.5) is 0 Å². The minimum Gasteiger partial charge on any atom is -0.478 e. The molecule has 1 atom stereocenters. The van der Waals surface area contributed by atoms with E-state index in [9.17, 15) is 24.6 Å². The highest BCUT2D eigenvalue weighted by atomic mass is 16.4. The number of benzene rings is 1. The fourth-order valence-electron chi connectivity index (χ4n) is 2.78. The van der Waals surface area contributed by atoms with Crippen LogP contribution in [0, 0.1) is 5.92 Å². The van der Waals surface area contributed by atoms with Gasteiger partial charge in [-0.25, -0.2) is 14.4 Å². The number of allylic oxidation sites excluding steroid dienone is 4. The predicted molar refractivity (Wildman–Crippen MR) is 116 cm³/mol. The molecule has 0 radical (unpaired) electrons. The molecule has 0 fully saturated rings. The van der Waals surface area contributed by atoms with E-state index in [1.807, 2.05) is 37.3 Å². The molecule has 6 nitrogen and oxygen atoms in total. The van der Waals surface area contributed by atoms with Crippen molar-refractivity contribution in [1.29, 1.82) is 0 Å². The number of hydrogen-bond acceptors (Lipinski definition) is 3. The molecule has 0 aromatic heterocycles. The zero-order valence-electron chi connectivity index (χ0n) is 17.5. The van der Waals surface area contributed by atoms with Gasteiger partial charge in [0.2, 0.25) is 0 Å². The van der Waals surface area contributed by atoms with Gasteiger partial charge < -0.3 is 15.3 Å². The molecule has 0 bridgehead atoms. The summed E-state index contributed by atoms with van der Waals surface area (Å²) >= 11 is 0. The summed E-state index contributed by atoms with van der Waals surface area (Å²) in [6, 6.07) is 9.15. The monoisotopic (exact) mass is 412 g/mol. The second kappa shape index (κ2) is 12.2. The Bertz CT molecular complexity index is 888. The van der Waals surface area contributed by atoms with E-state index >= 15 is 0 Å². The molecule has 0 heterocycles. The quantitative estimate of drug-likeness (QED) is 0.350. The van der Waals surface area contributed by atoms with E-state index in [1.54, 1.807) is 13.0 Å². The van der Waals surface area contributed by atoms with Crippen LogP contribution in [0.2, 0.25) is 0 Å². The zero-order chi connectivity index (χ0) is 22.7. The lowest BCUT2D eigenvalue weighted by Gasteiger charge is -2.10. The van der Waals surface area contributed by atoms with Crippen LogP contribution in [-0.2, 0) is 14.4 Å². The average molecular weight is 412 g/mol. The first kappa shape index (κ1) is 24.6. The van der Waals surface area contributed by atoms with Crippen LogP contribution in [0.5, 0.6) is 0 Å². The Morgan fingerprint density at radius 1 is 0.967 bits per heavy atom. The summed E-state index contributed by atoms with van der Waals surface area (Å²) in [4.78, 5) is 34.6. The second-order valence-corrected chi connectivity index (χ2v) is 6.98. The lowest BCUT2D eigenvalue weighted by atomic mass is 9.94. The van der Waals surface area contributed by atoms with Crippen LogP contribution in [0.15, 0.2) is 70.9 Å². The van der Waals surface area contributed by atoms with E-state index in [0.717, 1.165) is 12.0 Å². The topological polar surface area (TPSA) is 112 Å². The minimum atomic E-state index is -1.20. The van der Waals surface area contributed by atoms with Crippen molar-refractivity contribution in [2.45, 2.75) is 40.0 Å². The molecule has 0 amide bonds. The Balaban J connectivity index is 3.56. The van der Waals surface area contributed by atoms with Crippen LogP contribution >= 0.6 is 0 Å². The van der Waals surface area contributed by atoms with Gasteiger partial charge in [-0.05, 0) is 49.1 Å². The van der Waals surface area contributed by atoms with E-state index in [1.165, 1.54) is 25.2 Å². The summed E-state index contributed by atoms with van der Waals surface area (Å²) in [6.07, 6.45) is 7.84. The van der Waals surface area contributed by atoms with Gasteiger partial charge in [0.1, 0.15) is 0 Å². The first-order valence-electron chi connectivity index (χ1n) is 9.72. The van der Waals surface area contributed by atoms with Gasteiger partial charge in [0, 0.05) is 22.6 Å². The van der Waals surface area contributed by atoms with Crippen LogP contribution < -0.4 is 0 Å². The molecule has 0 spiro atoms. The van der Waals surface area contributed by atoms with Crippen molar-refractivity contribution in [3.8, 4) is 0 Å². The van der Waals surface area contributed by atoms with Crippen molar-refractivity contribution in [3.05, 3.63) is 76.4 Å².